The third kappa shape index (κ3) is 4.95. The van der Waals surface area contributed by atoms with Crippen LogP contribution in [0.2, 0.25) is 0 Å². The predicted octanol–water partition coefficient (Wildman–Crippen LogP) is 1.65. The van der Waals surface area contributed by atoms with Gasteiger partial charge in [-0.25, -0.2) is 5.12 Å². The van der Waals surface area contributed by atoms with Gasteiger partial charge in [0, 0.05) is 42.3 Å². The Kier molecular flexibility index (Phi) is 6.32. The van der Waals surface area contributed by atoms with Crippen LogP contribution in [-0.4, -0.2) is 53.1 Å². The summed E-state index contributed by atoms with van der Waals surface area (Å²) in [5, 5.41) is 17.6. The summed E-state index contributed by atoms with van der Waals surface area (Å²) in [6, 6.07) is 9.05. The van der Waals surface area contributed by atoms with Crippen LogP contribution in [0.25, 0.3) is 0 Å². The van der Waals surface area contributed by atoms with Crippen molar-refractivity contribution in [2.75, 3.05) is 36.5 Å². The number of anilines is 2. The number of carbonyl (C=O) groups is 1. The first-order valence-corrected chi connectivity index (χ1v) is 10.4. The Morgan fingerprint density at radius 2 is 1.94 bits per heavy atom. The van der Waals surface area contributed by atoms with Gasteiger partial charge in [0.05, 0.1) is 18.9 Å². The number of carbonyl (C=O) groups excluding carboxylic acids is 1. The summed E-state index contributed by atoms with van der Waals surface area (Å²) in [4.78, 5) is 29.9. The summed E-state index contributed by atoms with van der Waals surface area (Å²) in [7, 11) is 0. The molecule has 0 spiro atoms. The van der Waals surface area contributed by atoms with E-state index in [0.717, 1.165) is 18.8 Å². The number of allylic oxidation sites excluding steroid dienone is 1. The molecule has 1 amide bonds. The summed E-state index contributed by atoms with van der Waals surface area (Å²) < 4.78 is 0. The van der Waals surface area contributed by atoms with Gasteiger partial charge in [-0.2, -0.15) is 5.10 Å². The van der Waals surface area contributed by atoms with Gasteiger partial charge < -0.3 is 20.3 Å². The second-order valence-corrected chi connectivity index (χ2v) is 7.47. The number of hydrogen-bond acceptors (Lipinski definition) is 7. The highest BCUT2D eigenvalue weighted by Gasteiger charge is 2.15. The summed E-state index contributed by atoms with van der Waals surface area (Å²) in [6.45, 7) is 2.34. The monoisotopic (exact) mass is 422 g/mol. The van der Waals surface area contributed by atoms with Gasteiger partial charge in [0.15, 0.2) is 0 Å². The van der Waals surface area contributed by atoms with Crippen LogP contribution in [0, 0.1) is 0 Å². The van der Waals surface area contributed by atoms with Crippen molar-refractivity contribution in [2.24, 2.45) is 5.10 Å². The lowest BCUT2D eigenvalue weighted by Crippen LogP contribution is -2.35. The number of rotatable bonds is 6. The average molecular weight is 422 g/mol. The molecule has 0 atom stereocenters. The molecule has 162 valence electrons. The lowest BCUT2D eigenvalue weighted by Gasteiger charge is -2.28. The molecule has 0 unspecified atom stereocenters. The summed E-state index contributed by atoms with van der Waals surface area (Å²) in [5.41, 5.74) is 5.45. The fraction of sp³-hybridized carbons (Fsp3) is 0.318. The highest BCUT2D eigenvalue weighted by atomic mass is 16.3. The van der Waals surface area contributed by atoms with Crippen LogP contribution in [0.3, 0.4) is 0 Å². The normalized spacial score (nSPS) is 16.0. The Morgan fingerprint density at radius 1 is 1.16 bits per heavy atom. The number of benzene rings is 1. The van der Waals surface area contributed by atoms with Crippen LogP contribution in [0.15, 0.2) is 58.7 Å². The number of aliphatic hydroxyl groups is 1. The number of hydrazone groups is 1. The number of aromatic amines is 1. The lowest BCUT2D eigenvalue weighted by molar-refractivity contribution is 0.102. The van der Waals surface area contributed by atoms with E-state index in [0.29, 0.717) is 23.4 Å². The summed E-state index contributed by atoms with van der Waals surface area (Å²) >= 11 is 0. The van der Waals surface area contributed by atoms with E-state index in [2.05, 4.69) is 25.7 Å². The Bertz CT molecular complexity index is 1040. The van der Waals surface area contributed by atoms with Crippen molar-refractivity contribution in [1.82, 2.24) is 15.5 Å². The van der Waals surface area contributed by atoms with Crippen molar-refractivity contribution < 1.29 is 9.90 Å². The molecule has 4 N–H and O–H groups in total. The molecule has 0 bridgehead atoms. The van der Waals surface area contributed by atoms with Crippen molar-refractivity contribution in [3.63, 3.8) is 0 Å². The Labute approximate surface area is 180 Å². The molecule has 31 heavy (non-hydrogen) atoms. The number of hydrazine groups is 1. The number of nitrogens with zero attached hydrogens (tertiary/aromatic N) is 3. The molecule has 1 fully saturated rings. The number of piperidine rings is 1. The second kappa shape index (κ2) is 9.48. The molecule has 3 heterocycles. The number of β-amino-alcohol motifs (C(OH)–C–C–N with tert-alkyl or cyclic N) is 1. The van der Waals surface area contributed by atoms with Gasteiger partial charge in [0.1, 0.15) is 5.69 Å². The molecule has 2 aromatic rings. The molecular formula is C22H26N6O3. The predicted molar refractivity (Wildman–Crippen MR) is 120 cm³/mol. The molecule has 1 aromatic heterocycles. The molecular weight excluding hydrogens is 396 g/mol. The molecule has 0 aliphatic carbocycles. The third-order valence-corrected chi connectivity index (χ3v) is 5.30. The minimum Gasteiger partial charge on any atom is -0.394 e. The maximum Gasteiger partial charge on any atom is 0.271 e. The zero-order valence-electron chi connectivity index (χ0n) is 17.2. The van der Waals surface area contributed by atoms with Crippen molar-refractivity contribution in [3.8, 4) is 0 Å². The van der Waals surface area contributed by atoms with Gasteiger partial charge in [-0.15, -0.1) is 0 Å². The highest BCUT2D eigenvalue weighted by molar-refractivity contribution is 6.10. The number of amides is 1. The Balaban J connectivity index is 1.48. The van der Waals surface area contributed by atoms with E-state index in [4.69, 9.17) is 5.11 Å². The van der Waals surface area contributed by atoms with E-state index >= 15 is 0 Å². The number of aromatic nitrogens is 1. The summed E-state index contributed by atoms with van der Waals surface area (Å²) in [6.07, 6.45) is 8.61. The van der Waals surface area contributed by atoms with Gasteiger partial charge >= 0.3 is 0 Å². The molecule has 2 aliphatic heterocycles. The first-order valence-electron chi connectivity index (χ1n) is 10.4. The molecule has 9 heteroatoms. The van der Waals surface area contributed by atoms with E-state index < -0.39 is 5.56 Å². The van der Waals surface area contributed by atoms with Gasteiger partial charge in [-0.1, -0.05) is 0 Å². The Morgan fingerprint density at radius 3 is 2.68 bits per heavy atom. The molecule has 4 rings (SSSR count). The minimum atomic E-state index is -0.396. The molecule has 2 aliphatic rings. The van der Waals surface area contributed by atoms with Crippen LogP contribution >= 0.6 is 0 Å². The standard InChI is InChI=1S/C22H26N6O3/c29-13-12-28-24-9-8-19(26-28)17-14-20(22(31)23-15-17)25-21(30)16-4-6-18(7-5-16)27-10-2-1-3-11-27/h4-9,14-15,24,29H,1-3,10-13H2,(H,23,31)(H,25,30). The second-order valence-electron chi connectivity index (χ2n) is 7.47. The fourth-order valence-electron chi connectivity index (χ4n) is 3.65. The zero-order chi connectivity index (χ0) is 21.6. The molecule has 0 saturated carbocycles. The van der Waals surface area contributed by atoms with Crippen LogP contribution in [0.5, 0.6) is 0 Å². The first-order chi connectivity index (χ1) is 15.1. The number of H-pyrrole nitrogens is 1. The fourth-order valence-corrected chi connectivity index (χ4v) is 3.65. The average Bonchev–Trinajstić information content (AvgIpc) is 2.81. The Hall–Kier alpha value is -3.59. The van der Waals surface area contributed by atoms with E-state index in [-0.39, 0.29) is 18.2 Å². The number of aliphatic hydroxyl groups excluding tert-OH is 1. The van der Waals surface area contributed by atoms with E-state index in [1.165, 1.54) is 30.6 Å². The molecule has 0 radical (unpaired) electrons. The minimum absolute atomic E-state index is 0.0545. The lowest BCUT2D eigenvalue weighted by atomic mass is 10.1. The third-order valence-electron chi connectivity index (χ3n) is 5.30. The SMILES string of the molecule is O=C(Nc1cc(C2=NN(CCO)NC=C2)c[nH]c1=O)c1ccc(N2CCCCC2)cc1. The number of nitrogens with one attached hydrogen (secondary N) is 3. The number of hydrogen-bond donors (Lipinski definition) is 4. The molecule has 1 saturated heterocycles. The van der Waals surface area contributed by atoms with Gasteiger partial charge in [0.2, 0.25) is 0 Å². The first kappa shape index (κ1) is 20.7. The van der Waals surface area contributed by atoms with Crippen LogP contribution in [0.4, 0.5) is 11.4 Å². The number of pyridine rings is 1. The van der Waals surface area contributed by atoms with Gasteiger partial charge in [-0.05, 0) is 55.7 Å². The largest absolute Gasteiger partial charge is 0.394 e. The molecule has 1 aromatic carbocycles. The topological polar surface area (TPSA) is 113 Å². The maximum absolute atomic E-state index is 12.7. The smallest absolute Gasteiger partial charge is 0.271 e. The van der Waals surface area contributed by atoms with Crippen LogP contribution in [0.1, 0.15) is 35.2 Å². The highest BCUT2D eigenvalue weighted by Crippen LogP contribution is 2.20. The van der Waals surface area contributed by atoms with Crippen LogP contribution < -0.4 is 21.2 Å². The van der Waals surface area contributed by atoms with Crippen molar-refractivity contribution in [3.05, 3.63) is 70.3 Å². The van der Waals surface area contributed by atoms with Crippen molar-refractivity contribution >= 4 is 23.0 Å². The van der Waals surface area contributed by atoms with E-state index in [1.54, 1.807) is 30.5 Å². The van der Waals surface area contributed by atoms with E-state index in [9.17, 15) is 9.59 Å². The van der Waals surface area contributed by atoms with Crippen molar-refractivity contribution in [2.45, 2.75) is 19.3 Å². The van der Waals surface area contributed by atoms with E-state index in [1.807, 2.05) is 12.1 Å². The van der Waals surface area contributed by atoms with Gasteiger partial charge in [-0.3, -0.25) is 15.0 Å². The summed E-state index contributed by atoms with van der Waals surface area (Å²) in [5.74, 6) is -0.349. The van der Waals surface area contributed by atoms with Crippen LogP contribution in [-0.2, 0) is 0 Å². The van der Waals surface area contributed by atoms with Gasteiger partial charge in [0.25, 0.3) is 11.5 Å². The molecule has 9 nitrogen and oxygen atoms in total. The quantitative estimate of drug-likeness (QED) is 0.563. The maximum atomic E-state index is 12.7. The van der Waals surface area contributed by atoms with Crippen molar-refractivity contribution in [1.29, 1.82) is 0 Å². The zero-order valence-corrected chi connectivity index (χ0v) is 17.2.